The minimum atomic E-state index is -4.07. The number of ether oxygens (including phenoxy) is 1. The number of nitrogens with two attached hydrogens (primary N) is 1. The second kappa shape index (κ2) is 10.8. The van der Waals surface area contributed by atoms with Gasteiger partial charge in [0.2, 0.25) is 0 Å². The molecule has 11 heteroatoms. The minimum absolute atomic E-state index is 0.135. The van der Waals surface area contributed by atoms with Gasteiger partial charge in [-0.2, -0.15) is 12.7 Å². The summed E-state index contributed by atoms with van der Waals surface area (Å²) in [6, 6.07) is 7.31. The molecule has 1 aromatic carbocycles. The summed E-state index contributed by atoms with van der Waals surface area (Å²) in [5, 5.41) is 0. The van der Waals surface area contributed by atoms with E-state index in [9.17, 15) is 17.6 Å². The molecular formula is C27H38FN5O4S. The normalized spacial score (nSPS) is 21.7. The molecule has 38 heavy (non-hydrogen) atoms. The Morgan fingerprint density at radius 3 is 2.61 bits per heavy atom. The monoisotopic (exact) mass is 547 g/mol. The van der Waals surface area contributed by atoms with Gasteiger partial charge in [-0.25, -0.2) is 14.1 Å². The SMILES string of the molecule is CC(C)COc1cc(F)cc(-c2ccc(C(=O)NS(=O)(=O)N3CC[C@H](N)C3)c(N3C[C@@H](C)CC3(C)C)n2)c1. The Labute approximate surface area is 224 Å². The summed E-state index contributed by atoms with van der Waals surface area (Å²) in [6.45, 7) is 11.8. The molecule has 0 unspecified atom stereocenters. The van der Waals surface area contributed by atoms with Crippen molar-refractivity contribution in [2.45, 2.75) is 59.0 Å². The maximum atomic E-state index is 14.5. The van der Waals surface area contributed by atoms with Gasteiger partial charge < -0.3 is 15.4 Å². The van der Waals surface area contributed by atoms with E-state index in [0.29, 0.717) is 48.3 Å². The summed E-state index contributed by atoms with van der Waals surface area (Å²) < 4.78 is 49.4. The Morgan fingerprint density at radius 1 is 1.26 bits per heavy atom. The lowest BCUT2D eigenvalue weighted by molar-refractivity contribution is 0.0979. The highest BCUT2D eigenvalue weighted by Gasteiger charge is 2.40. The van der Waals surface area contributed by atoms with E-state index < -0.39 is 21.9 Å². The maximum Gasteiger partial charge on any atom is 0.304 e. The van der Waals surface area contributed by atoms with Crippen LogP contribution in [-0.2, 0) is 10.2 Å². The quantitative estimate of drug-likeness (QED) is 0.519. The largest absolute Gasteiger partial charge is 0.493 e. The number of carbonyl (C=O) groups is 1. The summed E-state index contributed by atoms with van der Waals surface area (Å²) in [5.74, 6) is 0.134. The summed E-state index contributed by atoms with van der Waals surface area (Å²) in [4.78, 5) is 20.2. The molecule has 1 aromatic heterocycles. The van der Waals surface area contributed by atoms with Gasteiger partial charge in [0, 0.05) is 42.8 Å². The zero-order valence-electron chi connectivity index (χ0n) is 22.7. The van der Waals surface area contributed by atoms with Crippen LogP contribution in [0.5, 0.6) is 5.75 Å². The highest BCUT2D eigenvalue weighted by atomic mass is 32.2. The number of nitrogens with one attached hydrogen (secondary N) is 1. The molecule has 9 nitrogen and oxygen atoms in total. The molecule has 2 saturated heterocycles. The van der Waals surface area contributed by atoms with Crippen molar-refractivity contribution in [2.24, 2.45) is 17.6 Å². The number of amides is 1. The van der Waals surface area contributed by atoms with Gasteiger partial charge in [0.25, 0.3) is 5.91 Å². The minimum Gasteiger partial charge on any atom is -0.493 e. The number of hydrogen-bond acceptors (Lipinski definition) is 7. The Hall–Kier alpha value is -2.76. The van der Waals surface area contributed by atoms with Gasteiger partial charge in [0.1, 0.15) is 17.4 Å². The second-order valence-corrected chi connectivity index (χ2v) is 13.2. The maximum absolute atomic E-state index is 14.5. The van der Waals surface area contributed by atoms with Crippen LogP contribution in [0.25, 0.3) is 11.3 Å². The zero-order valence-corrected chi connectivity index (χ0v) is 23.5. The van der Waals surface area contributed by atoms with Gasteiger partial charge >= 0.3 is 10.2 Å². The summed E-state index contributed by atoms with van der Waals surface area (Å²) >= 11 is 0. The molecule has 2 aliphatic heterocycles. The Kier molecular flexibility index (Phi) is 8.02. The topological polar surface area (TPSA) is 118 Å². The summed E-state index contributed by atoms with van der Waals surface area (Å²) in [5.41, 5.74) is 6.63. The lowest BCUT2D eigenvalue weighted by atomic mass is 9.97. The Bertz CT molecular complexity index is 1300. The van der Waals surface area contributed by atoms with Crippen LogP contribution in [0.15, 0.2) is 30.3 Å². The van der Waals surface area contributed by atoms with Crippen LogP contribution in [0.2, 0.25) is 0 Å². The summed E-state index contributed by atoms with van der Waals surface area (Å²) in [6.07, 6.45) is 1.41. The van der Waals surface area contributed by atoms with Crippen molar-refractivity contribution < 1.29 is 22.3 Å². The number of pyridine rings is 1. The molecule has 2 aliphatic rings. The highest BCUT2D eigenvalue weighted by Crippen LogP contribution is 2.38. The fourth-order valence-corrected chi connectivity index (χ4v) is 6.42. The van der Waals surface area contributed by atoms with Crippen LogP contribution in [-0.4, -0.2) is 61.4 Å². The van der Waals surface area contributed by atoms with Gasteiger partial charge in [-0.05, 0) is 62.8 Å². The molecule has 1 amide bonds. The van der Waals surface area contributed by atoms with E-state index in [0.717, 1.165) is 6.42 Å². The van der Waals surface area contributed by atoms with E-state index in [1.807, 2.05) is 18.7 Å². The second-order valence-electron chi connectivity index (χ2n) is 11.5. The van der Waals surface area contributed by atoms with Crippen LogP contribution in [0.1, 0.15) is 57.8 Å². The van der Waals surface area contributed by atoms with E-state index in [1.54, 1.807) is 18.2 Å². The van der Waals surface area contributed by atoms with Gasteiger partial charge in [-0.1, -0.05) is 20.8 Å². The fourth-order valence-electron chi connectivity index (χ4n) is 5.22. The van der Waals surface area contributed by atoms with E-state index >= 15 is 0 Å². The highest BCUT2D eigenvalue weighted by molar-refractivity contribution is 7.87. The van der Waals surface area contributed by atoms with Crippen molar-refractivity contribution in [3.63, 3.8) is 0 Å². The predicted molar refractivity (Wildman–Crippen MR) is 146 cm³/mol. The Balaban J connectivity index is 1.73. The van der Waals surface area contributed by atoms with Crippen LogP contribution in [0.4, 0.5) is 10.2 Å². The van der Waals surface area contributed by atoms with Crippen molar-refractivity contribution in [1.82, 2.24) is 14.0 Å². The number of carbonyl (C=O) groups excluding carboxylic acids is 1. The van der Waals surface area contributed by atoms with Crippen LogP contribution in [0.3, 0.4) is 0 Å². The molecule has 3 N–H and O–H groups in total. The van der Waals surface area contributed by atoms with Gasteiger partial charge in [-0.3, -0.25) is 4.79 Å². The van der Waals surface area contributed by atoms with E-state index in [1.165, 1.54) is 16.4 Å². The van der Waals surface area contributed by atoms with E-state index in [-0.39, 0.29) is 36.2 Å². The number of benzene rings is 1. The van der Waals surface area contributed by atoms with Crippen molar-refractivity contribution in [1.29, 1.82) is 0 Å². The first-order chi connectivity index (χ1) is 17.7. The fraction of sp³-hybridized carbons (Fsp3) is 0.556. The molecule has 0 saturated carbocycles. The number of hydrogen-bond donors (Lipinski definition) is 2. The first-order valence-electron chi connectivity index (χ1n) is 13.1. The molecule has 2 fully saturated rings. The summed E-state index contributed by atoms with van der Waals surface area (Å²) in [7, 11) is -4.07. The molecular weight excluding hydrogens is 509 g/mol. The Morgan fingerprint density at radius 2 is 2.00 bits per heavy atom. The first-order valence-corrected chi connectivity index (χ1v) is 14.5. The average Bonchev–Trinajstić information content (AvgIpc) is 3.38. The molecule has 208 valence electrons. The third kappa shape index (κ3) is 6.27. The molecule has 3 heterocycles. The van der Waals surface area contributed by atoms with Gasteiger partial charge in [0.05, 0.1) is 17.9 Å². The molecule has 2 atom stereocenters. The molecule has 0 spiro atoms. The number of aromatic nitrogens is 1. The third-order valence-electron chi connectivity index (χ3n) is 6.95. The lowest BCUT2D eigenvalue weighted by Crippen LogP contribution is -2.44. The van der Waals surface area contributed by atoms with Crippen LogP contribution >= 0.6 is 0 Å². The number of rotatable bonds is 8. The molecule has 0 aliphatic carbocycles. The first kappa shape index (κ1) is 28.3. The van der Waals surface area contributed by atoms with Crippen molar-refractivity contribution in [3.8, 4) is 17.0 Å². The van der Waals surface area contributed by atoms with Crippen molar-refractivity contribution in [3.05, 3.63) is 41.7 Å². The van der Waals surface area contributed by atoms with Crippen LogP contribution in [0, 0.1) is 17.7 Å². The zero-order chi connectivity index (χ0) is 27.8. The number of anilines is 1. The van der Waals surface area contributed by atoms with Gasteiger partial charge in [-0.15, -0.1) is 0 Å². The standard InChI is InChI=1S/C27H38FN5O4S/c1-17(2)16-37-22-11-19(10-20(28)12-22)24-7-6-23(25(30-24)33-14-18(3)13-27(33,4)5)26(34)31-38(35,36)32-9-8-21(29)15-32/h6-7,10-12,17-18,21H,8-9,13-16,29H2,1-5H3,(H,31,34)/t18-,21-/m0/s1. The molecule has 4 rings (SSSR count). The third-order valence-corrected chi connectivity index (χ3v) is 8.40. The van der Waals surface area contributed by atoms with Crippen molar-refractivity contribution >= 4 is 21.9 Å². The molecule has 2 aromatic rings. The number of nitrogens with zero attached hydrogens (tertiary/aromatic N) is 3. The van der Waals surface area contributed by atoms with Crippen molar-refractivity contribution in [2.75, 3.05) is 31.1 Å². The molecule has 0 bridgehead atoms. The number of halogens is 1. The average molecular weight is 548 g/mol. The van der Waals surface area contributed by atoms with Gasteiger partial charge in [0.15, 0.2) is 0 Å². The van der Waals surface area contributed by atoms with E-state index in [2.05, 4.69) is 25.5 Å². The smallest absolute Gasteiger partial charge is 0.304 e. The van der Waals surface area contributed by atoms with E-state index in [4.69, 9.17) is 15.5 Å². The van der Waals surface area contributed by atoms with Crippen LogP contribution < -0.4 is 20.1 Å². The molecule has 0 radical (unpaired) electrons. The lowest BCUT2D eigenvalue weighted by Gasteiger charge is -2.34. The predicted octanol–water partition coefficient (Wildman–Crippen LogP) is 3.55.